The van der Waals surface area contributed by atoms with E-state index in [-0.39, 0.29) is 24.1 Å². The number of fused-ring (bicyclic) bond motifs is 1. The van der Waals surface area contributed by atoms with Gasteiger partial charge in [-0.05, 0) is 49.4 Å². The summed E-state index contributed by atoms with van der Waals surface area (Å²) in [6.07, 6.45) is 6.27. The zero-order valence-corrected chi connectivity index (χ0v) is 18.2. The fourth-order valence-electron chi connectivity index (χ4n) is 3.96. The van der Waals surface area contributed by atoms with Crippen LogP contribution in [0.2, 0.25) is 0 Å². The normalized spacial score (nSPS) is 18.1. The molecule has 4 heterocycles. The van der Waals surface area contributed by atoms with Crippen LogP contribution in [-0.4, -0.2) is 51.0 Å². The van der Waals surface area contributed by atoms with Crippen LogP contribution in [0.4, 0.5) is 14.6 Å². The third kappa shape index (κ3) is 4.89. The van der Waals surface area contributed by atoms with Gasteiger partial charge in [0, 0.05) is 34.9 Å². The van der Waals surface area contributed by atoms with E-state index in [4.69, 9.17) is 0 Å². The third-order valence-corrected chi connectivity index (χ3v) is 5.80. The largest absolute Gasteiger partial charge is 0.363 e. The van der Waals surface area contributed by atoms with Crippen molar-refractivity contribution in [3.8, 4) is 11.3 Å². The molecule has 2 N–H and O–H groups in total. The summed E-state index contributed by atoms with van der Waals surface area (Å²) in [6.45, 7) is 1.07. The Labute approximate surface area is 194 Å². The molecule has 4 aromatic rings. The van der Waals surface area contributed by atoms with Gasteiger partial charge >= 0.3 is 0 Å². The van der Waals surface area contributed by atoms with E-state index in [1.165, 1.54) is 24.3 Å². The van der Waals surface area contributed by atoms with E-state index >= 15 is 0 Å². The lowest BCUT2D eigenvalue weighted by Gasteiger charge is -2.27. The number of nitrogens with one attached hydrogen (secondary N) is 2. The van der Waals surface area contributed by atoms with Crippen molar-refractivity contribution < 1.29 is 13.6 Å². The number of nitrogens with zero attached hydrogens (tertiary/aromatic N) is 4. The summed E-state index contributed by atoms with van der Waals surface area (Å²) in [5, 5.41) is 6.98. The summed E-state index contributed by atoms with van der Waals surface area (Å²) in [6, 6.07) is 8.87. The number of hydrogen-bond acceptors (Lipinski definition) is 7. The Hall–Kier alpha value is -3.85. The van der Waals surface area contributed by atoms with Crippen LogP contribution in [0.25, 0.3) is 22.2 Å². The van der Waals surface area contributed by atoms with Crippen LogP contribution in [0.1, 0.15) is 22.5 Å². The summed E-state index contributed by atoms with van der Waals surface area (Å²) in [5.74, 6) is -0.0289. The Morgan fingerprint density at radius 1 is 1.09 bits per heavy atom. The van der Waals surface area contributed by atoms with Crippen molar-refractivity contribution in [2.75, 3.05) is 18.4 Å². The maximum atomic E-state index is 14.2. The highest BCUT2D eigenvalue weighted by Gasteiger charge is 2.24. The molecule has 34 heavy (non-hydrogen) atoms. The predicted molar refractivity (Wildman–Crippen MR) is 125 cm³/mol. The van der Waals surface area contributed by atoms with E-state index in [1.54, 1.807) is 24.8 Å². The molecular weight excluding hydrogens is 438 g/mol. The minimum Gasteiger partial charge on any atom is -0.363 e. The van der Waals surface area contributed by atoms with Crippen LogP contribution in [0.5, 0.6) is 0 Å². The lowest BCUT2D eigenvalue weighted by molar-refractivity contribution is 0.0992. The van der Waals surface area contributed by atoms with Crippen molar-refractivity contribution in [3.05, 3.63) is 78.3 Å². The number of carbonyl (C=O) groups excluding carboxylic acids is 1. The number of hydrogen-bond donors (Lipinski definition) is 2. The number of aromatic nitrogens is 4. The lowest BCUT2D eigenvalue weighted by atomic mass is 10.0. The van der Waals surface area contributed by atoms with E-state index < -0.39 is 6.17 Å². The number of alkyl halides is 1. The molecule has 1 fully saturated rings. The maximum Gasteiger partial charge on any atom is 0.168 e. The van der Waals surface area contributed by atoms with Crippen LogP contribution in [-0.2, 0) is 6.42 Å². The number of anilines is 1. The number of benzene rings is 1. The molecule has 1 aliphatic rings. The van der Waals surface area contributed by atoms with Gasteiger partial charge in [0.15, 0.2) is 5.78 Å². The summed E-state index contributed by atoms with van der Waals surface area (Å²) in [4.78, 5) is 30.2. The second kappa shape index (κ2) is 9.56. The number of ketones is 1. The molecule has 172 valence electrons. The minimum absolute atomic E-state index is 0.0889. The molecule has 0 bridgehead atoms. The second-order valence-corrected chi connectivity index (χ2v) is 8.25. The van der Waals surface area contributed by atoms with Crippen LogP contribution in [0.15, 0.2) is 61.2 Å². The summed E-state index contributed by atoms with van der Waals surface area (Å²) < 4.78 is 27.3. The van der Waals surface area contributed by atoms with Gasteiger partial charge in [0.2, 0.25) is 0 Å². The quantitative estimate of drug-likeness (QED) is 0.423. The van der Waals surface area contributed by atoms with Gasteiger partial charge in [0.1, 0.15) is 17.8 Å². The molecule has 9 heteroatoms. The number of piperidine rings is 1. The Morgan fingerprint density at radius 2 is 1.94 bits per heavy atom. The van der Waals surface area contributed by atoms with Gasteiger partial charge in [-0.2, -0.15) is 0 Å². The molecule has 2 atom stereocenters. The van der Waals surface area contributed by atoms with Crippen molar-refractivity contribution in [2.45, 2.75) is 25.1 Å². The molecular formula is C25H22F2N6O. The number of halogens is 2. The molecule has 0 unspecified atom stereocenters. The van der Waals surface area contributed by atoms with E-state index in [2.05, 4.69) is 30.6 Å². The van der Waals surface area contributed by atoms with Gasteiger partial charge in [-0.15, -0.1) is 0 Å². The molecule has 5 rings (SSSR count). The molecule has 0 radical (unpaired) electrons. The summed E-state index contributed by atoms with van der Waals surface area (Å²) in [7, 11) is 0. The molecule has 1 aromatic carbocycles. The Balaban J connectivity index is 1.37. The second-order valence-electron chi connectivity index (χ2n) is 8.25. The minimum atomic E-state index is -0.995. The number of pyridine rings is 2. The molecule has 7 nitrogen and oxygen atoms in total. The average Bonchev–Trinajstić information content (AvgIpc) is 2.85. The van der Waals surface area contributed by atoms with Gasteiger partial charge in [0.05, 0.1) is 42.3 Å². The van der Waals surface area contributed by atoms with E-state index in [1.807, 2.05) is 12.1 Å². The van der Waals surface area contributed by atoms with Gasteiger partial charge in [-0.1, -0.05) is 0 Å². The van der Waals surface area contributed by atoms with Gasteiger partial charge in [0.25, 0.3) is 0 Å². The van der Waals surface area contributed by atoms with Crippen LogP contribution >= 0.6 is 0 Å². The topological polar surface area (TPSA) is 92.7 Å². The van der Waals surface area contributed by atoms with Crippen molar-refractivity contribution in [1.29, 1.82) is 0 Å². The zero-order valence-electron chi connectivity index (χ0n) is 18.2. The van der Waals surface area contributed by atoms with Crippen molar-refractivity contribution in [1.82, 2.24) is 25.3 Å². The Kier molecular flexibility index (Phi) is 6.18. The average molecular weight is 460 g/mol. The van der Waals surface area contributed by atoms with E-state index in [9.17, 15) is 13.6 Å². The van der Waals surface area contributed by atoms with Crippen molar-refractivity contribution in [3.63, 3.8) is 0 Å². The predicted octanol–water partition coefficient (Wildman–Crippen LogP) is 3.76. The SMILES string of the molecule is O=C(Cc1cc2cc(-c3cncc(N[C@H]4CCNC[C@@H]4F)n3)cnc2cn1)c1ccc(F)cc1. The molecule has 0 amide bonds. The number of rotatable bonds is 6. The van der Waals surface area contributed by atoms with Gasteiger partial charge < -0.3 is 10.6 Å². The Bertz CT molecular complexity index is 1330. The molecule has 0 spiro atoms. The highest BCUT2D eigenvalue weighted by molar-refractivity contribution is 5.97. The summed E-state index contributed by atoms with van der Waals surface area (Å²) >= 11 is 0. The molecule has 0 saturated carbocycles. The first kappa shape index (κ1) is 22.0. The first-order valence-corrected chi connectivity index (χ1v) is 11.0. The molecule has 3 aromatic heterocycles. The highest BCUT2D eigenvalue weighted by Crippen LogP contribution is 2.23. The fraction of sp³-hybridized carbons (Fsp3) is 0.240. The summed E-state index contributed by atoms with van der Waals surface area (Å²) in [5.41, 5.74) is 3.04. The standard InChI is InChI=1S/C25H22F2N6O/c26-18-3-1-15(2-4-18)24(34)9-19-8-16-7-17(10-31-22(16)13-30-19)23-12-29-14-25(33-23)32-21-5-6-28-11-20(21)27/h1-4,7-8,10,12-14,20-21,28H,5-6,9,11H2,(H,32,33)/t20-,21-/m0/s1. The molecule has 1 aliphatic heterocycles. The first-order chi connectivity index (χ1) is 16.5. The molecule has 1 saturated heterocycles. The highest BCUT2D eigenvalue weighted by atomic mass is 19.1. The van der Waals surface area contributed by atoms with Crippen LogP contribution in [0, 0.1) is 5.82 Å². The van der Waals surface area contributed by atoms with E-state index in [0.29, 0.717) is 41.3 Å². The van der Waals surface area contributed by atoms with Gasteiger partial charge in [-0.25, -0.2) is 13.8 Å². The first-order valence-electron chi connectivity index (χ1n) is 11.0. The zero-order chi connectivity index (χ0) is 23.5. The Morgan fingerprint density at radius 3 is 2.76 bits per heavy atom. The fourth-order valence-corrected chi connectivity index (χ4v) is 3.96. The third-order valence-electron chi connectivity index (χ3n) is 5.80. The smallest absolute Gasteiger partial charge is 0.168 e. The van der Waals surface area contributed by atoms with Gasteiger partial charge in [-0.3, -0.25) is 19.7 Å². The van der Waals surface area contributed by atoms with E-state index in [0.717, 1.165) is 17.5 Å². The number of Topliss-reactive ketones (excluding diaryl/α,β-unsaturated/α-hetero) is 1. The molecule has 0 aliphatic carbocycles. The monoisotopic (exact) mass is 460 g/mol. The lowest BCUT2D eigenvalue weighted by Crippen LogP contribution is -2.45. The maximum absolute atomic E-state index is 14.2. The number of carbonyl (C=O) groups is 1. The van der Waals surface area contributed by atoms with Crippen molar-refractivity contribution >= 4 is 22.5 Å². The van der Waals surface area contributed by atoms with Crippen molar-refractivity contribution in [2.24, 2.45) is 0 Å². The van der Waals surface area contributed by atoms with Crippen LogP contribution < -0.4 is 10.6 Å². The van der Waals surface area contributed by atoms with Crippen LogP contribution in [0.3, 0.4) is 0 Å².